The molecule has 126 valence electrons. The minimum absolute atomic E-state index is 0.572. The third-order valence-corrected chi connectivity index (χ3v) is 5.73. The largest absolute Gasteiger partial charge is 0.0761 e. The van der Waals surface area contributed by atoms with Crippen molar-refractivity contribution in [3.63, 3.8) is 0 Å². The van der Waals surface area contributed by atoms with Gasteiger partial charge in [0.15, 0.2) is 0 Å². The lowest BCUT2D eigenvalue weighted by Gasteiger charge is -2.15. The van der Waals surface area contributed by atoms with Gasteiger partial charge in [-0.25, -0.2) is 0 Å². The minimum Gasteiger partial charge on any atom is -0.0761 e. The fourth-order valence-electron chi connectivity index (χ4n) is 3.96. The number of benzene rings is 2. The van der Waals surface area contributed by atoms with Gasteiger partial charge in [-0.2, -0.15) is 0 Å². The highest BCUT2D eigenvalue weighted by molar-refractivity contribution is 5.90. The van der Waals surface area contributed by atoms with Crippen LogP contribution in [0.5, 0.6) is 0 Å². The van der Waals surface area contributed by atoms with E-state index >= 15 is 0 Å². The van der Waals surface area contributed by atoms with Crippen LogP contribution in [-0.4, -0.2) is 0 Å². The van der Waals surface area contributed by atoms with E-state index < -0.39 is 0 Å². The van der Waals surface area contributed by atoms with Crippen LogP contribution in [0.2, 0.25) is 0 Å². The van der Waals surface area contributed by atoms with Gasteiger partial charge in [-0.05, 0) is 76.8 Å². The highest BCUT2D eigenvalue weighted by Gasteiger charge is 2.21. The van der Waals surface area contributed by atoms with Gasteiger partial charge in [0.1, 0.15) is 0 Å². The second kappa shape index (κ2) is 6.19. The fraction of sp³-hybridized carbons (Fsp3) is 0.280. The lowest BCUT2D eigenvalue weighted by Crippen LogP contribution is -2.01. The molecule has 0 nitrogen and oxygen atoms in total. The van der Waals surface area contributed by atoms with Gasteiger partial charge in [0.05, 0.1) is 0 Å². The van der Waals surface area contributed by atoms with Crippen LogP contribution in [0.1, 0.15) is 59.6 Å². The first-order chi connectivity index (χ1) is 12.0. The maximum atomic E-state index is 2.37. The van der Waals surface area contributed by atoms with Gasteiger partial charge in [0, 0.05) is 5.92 Å². The van der Waals surface area contributed by atoms with Gasteiger partial charge in [0.2, 0.25) is 0 Å². The number of rotatable bonds is 3. The molecule has 0 fully saturated rings. The standard InChI is InChI=1S/C25H26/c1-16(2)24-11-10-23-15-22(9-12-25(23)24)21-8-7-20(14-21)19-6-5-17(3)18(4)13-19/h5-6,8-16,24H,7H2,1-4H3. The number of fused-ring (bicyclic) bond motifs is 1. The minimum atomic E-state index is 0.572. The van der Waals surface area contributed by atoms with Crippen molar-refractivity contribution in [2.45, 2.75) is 40.0 Å². The molecule has 1 atom stereocenters. The SMILES string of the molecule is Cc1ccc(C2=CC(c3ccc4c(c3)C=CC4C(C)C)=CC2)cc1C. The average Bonchev–Trinajstić information content (AvgIpc) is 3.23. The van der Waals surface area contributed by atoms with Crippen molar-refractivity contribution in [2.75, 3.05) is 0 Å². The molecule has 0 saturated carbocycles. The van der Waals surface area contributed by atoms with Crippen molar-refractivity contribution in [1.29, 1.82) is 0 Å². The number of hydrogen-bond donors (Lipinski definition) is 0. The van der Waals surface area contributed by atoms with Crippen LogP contribution >= 0.6 is 0 Å². The Kier molecular flexibility index (Phi) is 4.00. The highest BCUT2D eigenvalue weighted by atomic mass is 14.3. The van der Waals surface area contributed by atoms with E-state index in [9.17, 15) is 0 Å². The van der Waals surface area contributed by atoms with E-state index in [0.717, 1.165) is 6.42 Å². The predicted octanol–water partition coefficient (Wildman–Crippen LogP) is 6.94. The second-order valence-corrected chi connectivity index (χ2v) is 7.80. The van der Waals surface area contributed by atoms with Gasteiger partial charge < -0.3 is 0 Å². The second-order valence-electron chi connectivity index (χ2n) is 7.80. The number of hydrogen-bond acceptors (Lipinski definition) is 0. The Morgan fingerprint density at radius 2 is 1.72 bits per heavy atom. The van der Waals surface area contributed by atoms with Crippen LogP contribution in [0.15, 0.2) is 54.6 Å². The summed E-state index contributed by atoms with van der Waals surface area (Å²) < 4.78 is 0. The van der Waals surface area contributed by atoms with Crippen molar-refractivity contribution in [3.8, 4) is 0 Å². The van der Waals surface area contributed by atoms with Crippen LogP contribution in [0, 0.1) is 19.8 Å². The van der Waals surface area contributed by atoms with Crippen molar-refractivity contribution in [3.05, 3.63) is 88.0 Å². The Balaban J connectivity index is 1.62. The molecular weight excluding hydrogens is 300 g/mol. The zero-order valence-corrected chi connectivity index (χ0v) is 15.6. The van der Waals surface area contributed by atoms with Crippen LogP contribution in [-0.2, 0) is 0 Å². The molecule has 0 aliphatic heterocycles. The molecule has 4 rings (SSSR count). The Labute approximate surface area is 151 Å². The highest BCUT2D eigenvalue weighted by Crippen LogP contribution is 2.38. The molecule has 0 heteroatoms. The molecule has 2 aromatic rings. The predicted molar refractivity (Wildman–Crippen MR) is 110 cm³/mol. The topological polar surface area (TPSA) is 0 Å². The molecular formula is C25H26. The molecule has 0 amide bonds. The zero-order chi connectivity index (χ0) is 17.6. The summed E-state index contributed by atoms with van der Waals surface area (Å²) in [7, 11) is 0. The normalized spacial score (nSPS) is 18.5. The lowest BCUT2D eigenvalue weighted by molar-refractivity contribution is 0.584. The first-order valence-corrected chi connectivity index (χ1v) is 9.34. The first-order valence-electron chi connectivity index (χ1n) is 9.34. The fourth-order valence-corrected chi connectivity index (χ4v) is 3.96. The summed E-state index contributed by atoms with van der Waals surface area (Å²) in [4.78, 5) is 0. The van der Waals surface area contributed by atoms with Gasteiger partial charge in [-0.15, -0.1) is 0 Å². The number of allylic oxidation sites excluding steroid dienone is 5. The lowest BCUT2D eigenvalue weighted by atomic mass is 9.89. The third-order valence-electron chi connectivity index (χ3n) is 5.73. The summed E-state index contributed by atoms with van der Waals surface area (Å²) in [6.45, 7) is 8.97. The van der Waals surface area contributed by atoms with E-state index in [4.69, 9.17) is 0 Å². The van der Waals surface area contributed by atoms with E-state index in [1.807, 2.05) is 0 Å². The monoisotopic (exact) mass is 326 g/mol. The summed E-state index contributed by atoms with van der Waals surface area (Å²) in [6, 6.07) is 13.8. The van der Waals surface area contributed by atoms with Crippen LogP contribution in [0.3, 0.4) is 0 Å². The quantitative estimate of drug-likeness (QED) is 0.573. The summed E-state index contributed by atoms with van der Waals surface area (Å²) >= 11 is 0. The molecule has 0 aromatic heterocycles. The van der Waals surface area contributed by atoms with E-state index in [0.29, 0.717) is 11.8 Å². The zero-order valence-electron chi connectivity index (χ0n) is 15.6. The maximum Gasteiger partial charge on any atom is 0.00502 e. The van der Waals surface area contributed by atoms with Crippen molar-refractivity contribution >= 4 is 17.2 Å². The van der Waals surface area contributed by atoms with Crippen molar-refractivity contribution < 1.29 is 0 Å². The summed E-state index contributed by atoms with van der Waals surface area (Å²) in [5, 5.41) is 0. The molecule has 0 saturated heterocycles. The summed E-state index contributed by atoms with van der Waals surface area (Å²) in [5.74, 6) is 1.23. The van der Waals surface area contributed by atoms with Crippen LogP contribution in [0.4, 0.5) is 0 Å². The Morgan fingerprint density at radius 3 is 2.48 bits per heavy atom. The Bertz CT molecular complexity index is 919. The Hall–Kier alpha value is -2.34. The van der Waals surface area contributed by atoms with Crippen LogP contribution in [0.25, 0.3) is 17.2 Å². The molecule has 0 N–H and O–H groups in total. The molecule has 25 heavy (non-hydrogen) atoms. The molecule has 2 aliphatic rings. The molecule has 0 spiro atoms. The van der Waals surface area contributed by atoms with E-state index in [1.165, 1.54) is 44.5 Å². The van der Waals surface area contributed by atoms with Gasteiger partial charge in [0.25, 0.3) is 0 Å². The summed E-state index contributed by atoms with van der Waals surface area (Å²) in [5.41, 5.74) is 11.1. The molecule has 1 unspecified atom stereocenters. The Morgan fingerprint density at radius 1 is 0.920 bits per heavy atom. The third kappa shape index (κ3) is 2.91. The van der Waals surface area contributed by atoms with Gasteiger partial charge >= 0.3 is 0 Å². The van der Waals surface area contributed by atoms with E-state index in [1.54, 1.807) is 0 Å². The van der Waals surface area contributed by atoms with E-state index in [-0.39, 0.29) is 0 Å². The average molecular weight is 326 g/mol. The smallest absolute Gasteiger partial charge is 0.00502 e. The van der Waals surface area contributed by atoms with Gasteiger partial charge in [-0.3, -0.25) is 0 Å². The summed E-state index contributed by atoms with van der Waals surface area (Å²) in [6.07, 6.45) is 10.4. The number of aryl methyl sites for hydroxylation is 2. The molecule has 2 aromatic carbocycles. The maximum absolute atomic E-state index is 2.37. The van der Waals surface area contributed by atoms with E-state index in [2.05, 4.69) is 88.4 Å². The van der Waals surface area contributed by atoms with Crippen LogP contribution < -0.4 is 0 Å². The molecule has 0 bridgehead atoms. The van der Waals surface area contributed by atoms with Gasteiger partial charge in [-0.1, -0.05) is 68.5 Å². The van der Waals surface area contributed by atoms with Crippen molar-refractivity contribution in [2.24, 2.45) is 5.92 Å². The first kappa shape index (κ1) is 16.1. The molecule has 0 heterocycles. The molecule has 0 radical (unpaired) electrons. The van der Waals surface area contributed by atoms with Crippen molar-refractivity contribution in [1.82, 2.24) is 0 Å². The molecule has 2 aliphatic carbocycles.